The third-order valence-electron chi connectivity index (χ3n) is 5.28. The zero-order chi connectivity index (χ0) is 23.2. The van der Waals surface area contributed by atoms with Crippen molar-refractivity contribution in [1.29, 1.82) is 0 Å². The van der Waals surface area contributed by atoms with Gasteiger partial charge in [-0.3, -0.25) is 19.3 Å². The lowest BCUT2D eigenvalue weighted by Crippen LogP contribution is -2.45. The Bertz CT molecular complexity index is 1160. The summed E-state index contributed by atoms with van der Waals surface area (Å²) in [4.78, 5) is 30.1. The molecule has 1 saturated heterocycles. The van der Waals surface area contributed by atoms with Crippen molar-refractivity contribution in [3.63, 3.8) is 0 Å². The summed E-state index contributed by atoms with van der Waals surface area (Å²) in [5, 5.41) is 7.39. The van der Waals surface area contributed by atoms with Crippen LogP contribution in [0.15, 0.2) is 60.9 Å². The largest absolute Gasteiger partial charge is 0.497 e. The van der Waals surface area contributed by atoms with E-state index in [1.807, 2.05) is 24.3 Å². The van der Waals surface area contributed by atoms with Crippen LogP contribution >= 0.6 is 0 Å². The van der Waals surface area contributed by atoms with E-state index in [-0.39, 0.29) is 18.4 Å². The van der Waals surface area contributed by atoms with Crippen LogP contribution in [0.1, 0.15) is 12.0 Å². The van der Waals surface area contributed by atoms with Crippen molar-refractivity contribution in [2.75, 3.05) is 27.3 Å². The molecule has 9 nitrogen and oxygen atoms in total. The third-order valence-corrected chi connectivity index (χ3v) is 5.28. The summed E-state index contributed by atoms with van der Waals surface area (Å²) in [6.45, 7) is 0.988. The quantitative estimate of drug-likeness (QED) is 0.518. The first-order chi connectivity index (χ1) is 16.1. The second-order valence-corrected chi connectivity index (χ2v) is 7.39. The van der Waals surface area contributed by atoms with E-state index in [0.29, 0.717) is 42.3 Å². The lowest BCUT2D eigenvalue weighted by atomic mass is 10.1. The van der Waals surface area contributed by atoms with Gasteiger partial charge in [0.2, 0.25) is 0 Å². The number of methoxy groups -OCH3 is 2. The molecule has 1 aromatic carbocycles. The molecule has 4 rings (SSSR count). The number of pyridine rings is 1. The van der Waals surface area contributed by atoms with Crippen molar-refractivity contribution in [1.82, 2.24) is 24.8 Å². The molecule has 2 amide bonds. The van der Waals surface area contributed by atoms with E-state index in [9.17, 15) is 9.59 Å². The van der Waals surface area contributed by atoms with Crippen molar-refractivity contribution < 1.29 is 19.1 Å². The van der Waals surface area contributed by atoms with Gasteiger partial charge in [0, 0.05) is 37.1 Å². The molecule has 1 aliphatic heterocycles. The highest BCUT2D eigenvalue weighted by Crippen LogP contribution is 2.25. The maximum atomic E-state index is 12.9. The van der Waals surface area contributed by atoms with Crippen molar-refractivity contribution in [2.45, 2.75) is 13.0 Å². The summed E-state index contributed by atoms with van der Waals surface area (Å²) in [6, 6.07) is 12.7. The van der Waals surface area contributed by atoms with Gasteiger partial charge in [-0.05, 0) is 48.9 Å². The fourth-order valence-electron chi connectivity index (χ4n) is 3.64. The zero-order valence-electron chi connectivity index (χ0n) is 18.5. The molecule has 0 radical (unpaired) electrons. The molecule has 0 unspecified atom stereocenters. The van der Waals surface area contributed by atoms with E-state index in [1.54, 1.807) is 55.6 Å². The number of nitrogens with zero attached hydrogens (tertiary/aromatic N) is 5. The average molecular weight is 447 g/mol. The minimum Gasteiger partial charge on any atom is -0.497 e. The average Bonchev–Trinajstić information content (AvgIpc) is 3.53. The number of aromatic nitrogens is 3. The normalized spacial score (nSPS) is 13.5. The molecule has 33 heavy (non-hydrogen) atoms. The van der Waals surface area contributed by atoms with E-state index in [0.717, 1.165) is 5.69 Å². The summed E-state index contributed by atoms with van der Waals surface area (Å²) in [7, 11) is 3.14. The number of hydrogen-bond acceptors (Lipinski definition) is 6. The molecular weight excluding hydrogens is 422 g/mol. The van der Waals surface area contributed by atoms with E-state index >= 15 is 0 Å². The Kier molecular flexibility index (Phi) is 6.68. The molecule has 170 valence electrons. The Morgan fingerprint density at radius 3 is 2.64 bits per heavy atom. The topological polar surface area (TPSA) is 89.8 Å². The number of hydrogen-bond donors (Lipinski definition) is 0. The molecule has 3 aromatic rings. The van der Waals surface area contributed by atoms with E-state index < -0.39 is 0 Å². The van der Waals surface area contributed by atoms with Gasteiger partial charge in [0.1, 0.15) is 23.7 Å². The third kappa shape index (κ3) is 5.03. The van der Waals surface area contributed by atoms with Crippen molar-refractivity contribution >= 4 is 17.9 Å². The number of rotatable bonds is 7. The maximum absolute atomic E-state index is 12.9. The minimum absolute atomic E-state index is 0.0318. The first-order valence-electron chi connectivity index (χ1n) is 10.6. The summed E-state index contributed by atoms with van der Waals surface area (Å²) in [5.74, 6) is 0.797. The van der Waals surface area contributed by atoms with Crippen molar-refractivity contribution in [2.24, 2.45) is 0 Å². The summed E-state index contributed by atoms with van der Waals surface area (Å²) in [5.41, 5.74) is 2.13. The molecule has 0 atom stereocenters. The van der Waals surface area contributed by atoms with Gasteiger partial charge in [0.15, 0.2) is 0 Å². The SMILES string of the molecule is COc1ccc(OC)c(C=CC(=O)N2CCCN2C(=O)Cn2ccc(-c3ccccn3)n2)c1. The highest BCUT2D eigenvalue weighted by molar-refractivity contribution is 5.93. The van der Waals surface area contributed by atoms with Crippen LogP contribution in [0.25, 0.3) is 17.5 Å². The molecule has 9 heteroatoms. The predicted octanol–water partition coefficient (Wildman–Crippen LogP) is 2.65. The molecule has 1 fully saturated rings. The van der Waals surface area contributed by atoms with Crippen LogP contribution in [0.4, 0.5) is 0 Å². The molecule has 2 aromatic heterocycles. The van der Waals surface area contributed by atoms with Gasteiger partial charge < -0.3 is 9.47 Å². The van der Waals surface area contributed by atoms with E-state index in [4.69, 9.17) is 9.47 Å². The molecule has 3 heterocycles. The second-order valence-electron chi connectivity index (χ2n) is 7.39. The molecule has 0 spiro atoms. The first-order valence-corrected chi connectivity index (χ1v) is 10.6. The van der Waals surface area contributed by atoms with Crippen LogP contribution in [0.5, 0.6) is 11.5 Å². The van der Waals surface area contributed by atoms with Gasteiger partial charge in [0.25, 0.3) is 11.8 Å². The second kappa shape index (κ2) is 9.99. The molecule has 0 bridgehead atoms. The fraction of sp³-hybridized carbons (Fsp3) is 0.250. The fourth-order valence-corrected chi connectivity index (χ4v) is 3.64. The van der Waals surface area contributed by atoms with Crippen LogP contribution in [0.2, 0.25) is 0 Å². The van der Waals surface area contributed by atoms with Gasteiger partial charge in [0.05, 0.1) is 19.9 Å². The predicted molar refractivity (Wildman–Crippen MR) is 122 cm³/mol. The summed E-state index contributed by atoms with van der Waals surface area (Å²) >= 11 is 0. The Labute approximate surface area is 191 Å². The van der Waals surface area contributed by atoms with Gasteiger partial charge >= 0.3 is 0 Å². The zero-order valence-corrected chi connectivity index (χ0v) is 18.5. The number of carbonyl (C=O) groups is 2. The number of hydrazine groups is 1. The lowest BCUT2D eigenvalue weighted by molar-refractivity contribution is -0.155. The van der Waals surface area contributed by atoms with Gasteiger partial charge in [-0.15, -0.1) is 0 Å². The smallest absolute Gasteiger partial charge is 0.265 e. The monoisotopic (exact) mass is 447 g/mol. The van der Waals surface area contributed by atoms with Crippen LogP contribution < -0.4 is 9.47 Å². The Balaban J connectivity index is 1.43. The maximum Gasteiger partial charge on any atom is 0.265 e. The van der Waals surface area contributed by atoms with Gasteiger partial charge in [-0.2, -0.15) is 5.10 Å². The minimum atomic E-state index is -0.277. The number of carbonyl (C=O) groups excluding carboxylic acids is 2. The lowest BCUT2D eigenvalue weighted by Gasteiger charge is -2.26. The number of ether oxygens (including phenoxy) is 2. The molecule has 0 N–H and O–H groups in total. The molecular formula is C24H25N5O4. The van der Waals surface area contributed by atoms with Crippen molar-refractivity contribution in [3.8, 4) is 22.9 Å². The molecule has 0 saturated carbocycles. The van der Waals surface area contributed by atoms with Crippen molar-refractivity contribution in [3.05, 3.63) is 66.5 Å². The number of amides is 2. The Morgan fingerprint density at radius 2 is 1.88 bits per heavy atom. The Hall–Kier alpha value is -4.14. The highest BCUT2D eigenvalue weighted by Gasteiger charge is 2.29. The Morgan fingerprint density at radius 1 is 1.03 bits per heavy atom. The highest BCUT2D eigenvalue weighted by atomic mass is 16.5. The standard InChI is InChI=1S/C24H25N5O4/c1-32-19-8-9-22(33-2)18(16-19)7-10-23(30)28-13-5-14-29(28)24(31)17-27-15-11-21(26-27)20-6-3-4-12-25-20/h3-4,6-12,15-16H,5,13-14,17H2,1-2H3. The van der Waals surface area contributed by atoms with Crippen LogP contribution in [-0.2, 0) is 16.1 Å². The van der Waals surface area contributed by atoms with Gasteiger partial charge in [-0.1, -0.05) is 6.07 Å². The van der Waals surface area contributed by atoms with Crippen LogP contribution in [0.3, 0.4) is 0 Å². The van der Waals surface area contributed by atoms with Crippen LogP contribution in [-0.4, -0.2) is 63.9 Å². The van der Waals surface area contributed by atoms with E-state index in [2.05, 4.69) is 10.1 Å². The van der Waals surface area contributed by atoms with Crippen LogP contribution in [0, 0.1) is 0 Å². The first kappa shape index (κ1) is 22.1. The summed E-state index contributed by atoms with van der Waals surface area (Å²) in [6.07, 6.45) is 7.25. The molecule has 1 aliphatic rings. The number of benzene rings is 1. The molecule has 0 aliphatic carbocycles. The van der Waals surface area contributed by atoms with Gasteiger partial charge in [-0.25, -0.2) is 10.0 Å². The van der Waals surface area contributed by atoms with E-state index in [1.165, 1.54) is 16.1 Å². The summed E-state index contributed by atoms with van der Waals surface area (Å²) < 4.78 is 12.2.